The molecule has 1 heterocycles. The Labute approximate surface area is 169 Å². The van der Waals surface area contributed by atoms with Crippen LogP contribution in [0.2, 0.25) is 0 Å². The molecule has 158 valence electrons. The molecule has 6 rings (SSSR count). The minimum Gasteiger partial charge on any atom is -0.426 e. The molecule has 6 aliphatic rings. The van der Waals surface area contributed by atoms with E-state index >= 15 is 0 Å². The minimum atomic E-state index is -1.86. The van der Waals surface area contributed by atoms with Gasteiger partial charge in [0.05, 0.1) is 12.2 Å². The Morgan fingerprint density at radius 3 is 2.55 bits per heavy atom. The van der Waals surface area contributed by atoms with Crippen LogP contribution < -0.4 is 0 Å². The van der Waals surface area contributed by atoms with Crippen molar-refractivity contribution in [3.8, 4) is 0 Å². The number of hydrogen-bond acceptors (Lipinski definition) is 7. The molecular formula is C22H28O7. The summed E-state index contributed by atoms with van der Waals surface area (Å²) in [7, 11) is 0. The lowest BCUT2D eigenvalue weighted by Gasteiger charge is -2.70. The molecule has 7 heteroatoms. The van der Waals surface area contributed by atoms with E-state index in [-0.39, 0.29) is 48.9 Å². The minimum absolute atomic E-state index is 0.0154. The molecule has 7 atom stereocenters. The highest BCUT2D eigenvalue weighted by Crippen LogP contribution is 2.80. The number of rotatable bonds is 2. The average molecular weight is 404 g/mol. The molecular weight excluding hydrogens is 376 g/mol. The van der Waals surface area contributed by atoms with Crippen molar-refractivity contribution >= 4 is 17.5 Å². The molecule has 0 aromatic rings. The topological polar surface area (TPSA) is 110 Å². The number of esters is 1. The number of allylic oxidation sites excluding steroid dienone is 1. The first-order valence-corrected chi connectivity index (χ1v) is 10.5. The number of aliphatic hydroxyl groups excluding tert-OH is 1. The summed E-state index contributed by atoms with van der Waals surface area (Å²) in [5, 5.41) is 23.6. The zero-order valence-corrected chi connectivity index (χ0v) is 17.3. The number of Topliss-reactive ketones (excluding diaryl/α,β-unsaturated/α-hetero) is 2. The molecule has 2 N–H and O–H groups in total. The number of ether oxygens (including phenoxy) is 2. The Balaban J connectivity index is 1.68. The lowest BCUT2D eigenvalue weighted by Crippen LogP contribution is -2.84. The van der Waals surface area contributed by atoms with E-state index in [0.29, 0.717) is 18.4 Å². The molecule has 1 aliphatic heterocycles. The third-order valence-electron chi connectivity index (χ3n) is 9.70. The molecule has 7 nitrogen and oxygen atoms in total. The number of hydrogen-bond donors (Lipinski definition) is 2. The van der Waals surface area contributed by atoms with E-state index in [1.54, 1.807) is 13.8 Å². The van der Waals surface area contributed by atoms with Gasteiger partial charge in [0.2, 0.25) is 0 Å². The fourth-order valence-electron chi connectivity index (χ4n) is 7.54. The van der Waals surface area contributed by atoms with Gasteiger partial charge in [0.25, 0.3) is 5.79 Å². The molecule has 0 aromatic carbocycles. The Morgan fingerprint density at radius 2 is 1.93 bits per heavy atom. The fraction of sp³-hybridized carbons (Fsp3) is 0.773. The van der Waals surface area contributed by atoms with Crippen molar-refractivity contribution in [2.45, 2.75) is 77.3 Å². The summed E-state index contributed by atoms with van der Waals surface area (Å²) < 4.78 is 11.9. The van der Waals surface area contributed by atoms with Crippen molar-refractivity contribution < 1.29 is 34.1 Å². The number of carbonyl (C=O) groups excluding carboxylic acids is 3. The summed E-state index contributed by atoms with van der Waals surface area (Å²) in [6, 6.07) is 0. The van der Waals surface area contributed by atoms with Crippen LogP contribution in [-0.4, -0.2) is 51.8 Å². The van der Waals surface area contributed by atoms with Crippen LogP contribution in [0.1, 0.15) is 59.8 Å². The van der Waals surface area contributed by atoms with Gasteiger partial charge in [-0.3, -0.25) is 9.59 Å². The molecule has 1 spiro atoms. The van der Waals surface area contributed by atoms with Crippen LogP contribution in [0.5, 0.6) is 0 Å². The number of ketones is 2. The second-order valence-electron chi connectivity index (χ2n) is 10.2. The summed E-state index contributed by atoms with van der Waals surface area (Å²) >= 11 is 0. The SMILES string of the molecule is CC1=C(C(=O)O[C@]23OC[C@]4(C)[C@@]5(O)CC[C@@H](C)[C@@]5(CC(=O)[C@]24C)[C@H]3O)CCC1=O. The van der Waals surface area contributed by atoms with Gasteiger partial charge in [0.15, 0.2) is 5.78 Å². The second kappa shape index (κ2) is 5.18. The number of carbonyl (C=O) groups is 3. The number of aliphatic hydroxyl groups is 2. The zero-order chi connectivity index (χ0) is 21.2. The molecule has 4 saturated carbocycles. The van der Waals surface area contributed by atoms with Gasteiger partial charge in [-0.1, -0.05) is 13.8 Å². The maximum Gasteiger partial charge on any atom is 0.337 e. The highest BCUT2D eigenvalue weighted by atomic mass is 16.7. The average Bonchev–Trinajstić information content (AvgIpc) is 3.22. The first-order chi connectivity index (χ1) is 13.4. The van der Waals surface area contributed by atoms with Gasteiger partial charge in [-0.05, 0) is 39.0 Å². The third kappa shape index (κ3) is 1.63. The van der Waals surface area contributed by atoms with Crippen LogP contribution in [0.3, 0.4) is 0 Å². The van der Waals surface area contributed by atoms with Crippen LogP contribution in [0.4, 0.5) is 0 Å². The predicted octanol–water partition coefficient (Wildman–Crippen LogP) is 1.44. The lowest BCUT2D eigenvalue weighted by atomic mass is 9.35. The van der Waals surface area contributed by atoms with E-state index in [4.69, 9.17) is 9.47 Å². The van der Waals surface area contributed by atoms with Gasteiger partial charge in [-0.25, -0.2) is 4.79 Å². The van der Waals surface area contributed by atoms with Crippen LogP contribution in [0.25, 0.3) is 0 Å². The standard InChI is InChI=1S/C22H28O7/c1-11-7-8-21(27)18(3)10-28-22(29-16(25)13-5-6-14(23)12(13)2)17(26)20(11,21)9-15(24)19(18,22)4/h11,17,26-27H,5-10H2,1-4H3/t11-,17-,18+,19+,20+,21+,22+/m1/s1. The van der Waals surface area contributed by atoms with Crippen molar-refractivity contribution in [2.75, 3.05) is 6.61 Å². The molecule has 5 fully saturated rings. The highest BCUT2D eigenvalue weighted by Gasteiger charge is 2.93. The van der Waals surface area contributed by atoms with Crippen molar-refractivity contribution in [3.05, 3.63) is 11.1 Å². The van der Waals surface area contributed by atoms with E-state index in [1.807, 2.05) is 13.8 Å². The monoisotopic (exact) mass is 404 g/mol. The highest BCUT2D eigenvalue weighted by molar-refractivity contribution is 6.07. The predicted molar refractivity (Wildman–Crippen MR) is 99.3 cm³/mol. The summed E-state index contributed by atoms with van der Waals surface area (Å²) in [6.07, 6.45) is 0.384. The molecule has 0 aromatic heterocycles. The van der Waals surface area contributed by atoms with Crippen molar-refractivity contribution in [1.82, 2.24) is 0 Å². The summed E-state index contributed by atoms with van der Waals surface area (Å²) in [5.74, 6) is -2.97. The van der Waals surface area contributed by atoms with E-state index in [0.717, 1.165) is 0 Å². The third-order valence-corrected chi connectivity index (χ3v) is 9.70. The van der Waals surface area contributed by atoms with Crippen LogP contribution in [-0.2, 0) is 23.9 Å². The number of fused-ring (bicyclic) bond motifs is 1. The van der Waals surface area contributed by atoms with Crippen molar-refractivity contribution in [1.29, 1.82) is 0 Å². The molecule has 29 heavy (non-hydrogen) atoms. The quantitative estimate of drug-likeness (QED) is 0.670. The summed E-state index contributed by atoms with van der Waals surface area (Å²) in [6.45, 7) is 7.02. The molecule has 0 unspecified atom stereocenters. The van der Waals surface area contributed by atoms with E-state index < -0.39 is 39.7 Å². The Bertz CT molecular complexity index is 907. The molecule has 0 radical (unpaired) electrons. The maximum absolute atomic E-state index is 13.5. The maximum atomic E-state index is 13.5. The molecule has 4 bridgehead atoms. The summed E-state index contributed by atoms with van der Waals surface area (Å²) in [4.78, 5) is 38.5. The van der Waals surface area contributed by atoms with Gasteiger partial charge in [0.1, 0.15) is 17.3 Å². The van der Waals surface area contributed by atoms with Gasteiger partial charge in [0, 0.05) is 34.8 Å². The smallest absolute Gasteiger partial charge is 0.337 e. The van der Waals surface area contributed by atoms with Gasteiger partial charge in [-0.2, -0.15) is 0 Å². The Morgan fingerprint density at radius 1 is 1.24 bits per heavy atom. The van der Waals surface area contributed by atoms with Gasteiger partial charge in [-0.15, -0.1) is 0 Å². The Kier molecular flexibility index (Phi) is 3.47. The van der Waals surface area contributed by atoms with E-state index in [9.17, 15) is 24.6 Å². The first kappa shape index (κ1) is 19.4. The zero-order valence-electron chi connectivity index (χ0n) is 17.3. The normalized spacial score (nSPS) is 53.0. The van der Waals surface area contributed by atoms with E-state index in [2.05, 4.69) is 0 Å². The van der Waals surface area contributed by atoms with Crippen molar-refractivity contribution in [3.63, 3.8) is 0 Å². The molecule has 0 amide bonds. The largest absolute Gasteiger partial charge is 0.426 e. The van der Waals surface area contributed by atoms with Gasteiger partial charge >= 0.3 is 5.97 Å². The van der Waals surface area contributed by atoms with Crippen LogP contribution in [0.15, 0.2) is 11.1 Å². The Hall–Kier alpha value is -1.57. The van der Waals surface area contributed by atoms with E-state index in [1.165, 1.54) is 0 Å². The van der Waals surface area contributed by atoms with Gasteiger partial charge < -0.3 is 19.7 Å². The molecule has 5 aliphatic carbocycles. The van der Waals surface area contributed by atoms with Crippen LogP contribution >= 0.6 is 0 Å². The van der Waals surface area contributed by atoms with Crippen molar-refractivity contribution in [2.24, 2.45) is 22.2 Å². The molecule has 1 saturated heterocycles. The van der Waals surface area contributed by atoms with Crippen LogP contribution in [0, 0.1) is 22.2 Å². The first-order valence-electron chi connectivity index (χ1n) is 10.5. The summed E-state index contributed by atoms with van der Waals surface area (Å²) in [5.41, 5.74) is -4.14. The second-order valence-corrected chi connectivity index (χ2v) is 10.2. The fourth-order valence-corrected chi connectivity index (χ4v) is 7.54. The lowest BCUT2D eigenvalue weighted by molar-refractivity contribution is -0.369.